The Kier molecular flexibility index (Phi) is 44.1. The molecule has 0 spiro atoms. The topological polar surface area (TPSA) is 339 Å². The molecule has 0 saturated carbocycles. The van der Waals surface area contributed by atoms with Crippen molar-refractivity contribution in [3.8, 4) is 0 Å². The Labute approximate surface area is 510 Å². The first-order chi connectivity index (χ1) is 38.3. The van der Waals surface area contributed by atoms with Gasteiger partial charge in [-0.2, -0.15) is 9.59 Å². The lowest BCUT2D eigenvalue weighted by Gasteiger charge is -2.21. The van der Waals surface area contributed by atoms with Crippen molar-refractivity contribution in [2.24, 2.45) is 16.2 Å². The Bertz CT molecular complexity index is 1930. The molecule has 1 rings (SSSR count). The zero-order valence-electron chi connectivity index (χ0n) is 55.1. The summed E-state index contributed by atoms with van der Waals surface area (Å²) in [5.74, 6) is -1.08. The van der Waals surface area contributed by atoms with Crippen molar-refractivity contribution in [3.63, 3.8) is 0 Å². The lowest BCUT2D eigenvalue weighted by Crippen LogP contribution is -2.29. The van der Waals surface area contributed by atoms with Crippen molar-refractivity contribution >= 4 is 61.0 Å². The third-order valence-corrected chi connectivity index (χ3v) is 8.21. The number of ether oxygens (including phenoxy) is 16. The fourth-order valence-corrected chi connectivity index (χ4v) is 4.91. The van der Waals surface area contributed by atoms with Crippen molar-refractivity contribution in [2.45, 2.75) is 259 Å². The highest BCUT2D eigenvalue weighted by molar-refractivity contribution is 5.71. The molecule has 1 heterocycles. The van der Waals surface area contributed by atoms with E-state index in [9.17, 15) is 43.2 Å². The minimum Gasteiger partial charge on any atom is -0.462 e. The van der Waals surface area contributed by atoms with Crippen LogP contribution in [0.25, 0.3) is 0 Å². The van der Waals surface area contributed by atoms with Crippen molar-refractivity contribution in [1.82, 2.24) is 0 Å². The second kappa shape index (κ2) is 43.1. The van der Waals surface area contributed by atoms with Crippen molar-refractivity contribution in [3.05, 3.63) is 0 Å². The van der Waals surface area contributed by atoms with E-state index < -0.39 is 90.4 Å². The van der Waals surface area contributed by atoms with Crippen molar-refractivity contribution < 1.29 is 129 Å². The Morgan fingerprint density at radius 2 is 0.570 bits per heavy atom. The maximum absolute atomic E-state index is 11.7. The number of carbonyl (C=O) groups is 9. The Morgan fingerprint density at radius 3 is 0.837 bits per heavy atom. The van der Waals surface area contributed by atoms with Gasteiger partial charge in [-0.15, -0.1) is 0 Å². The van der Waals surface area contributed by atoms with Gasteiger partial charge < -0.3 is 75.8 Å². The molecule has 0 radical (unpaired) electrons. The largest absolute Gasteiger partial charge is 0.509 e. The van der Waals surface area contributed by atoms with Crippen LogP contribution in [-0.4, -0.2) is 167 Å². The van der Waals surface area contributed by atoms with Crippen molar-refractivity contribution in [2.75, 3.05) is 46.2 Å². The van der Waals surface area contributed by atoms with E-state index in [1.54, 1.807) is 104 Å². The van der Waals surface area contributed by atoms with Gasteiger partial charge in [-0.1, -0.05) is 69.7 Å². The van der Waals surface area contributed by atoms with Gasteiger partial charge in [0.1, 0.15) is 93.1 Å². The number of epoxide rings is 1. The fraction of sp³-hybridized carbons (Fsp3) is 0.831. The molecule has 0 aromatic carbocycles. The smallest absolute Gasteiger partial charge is 0.462 e. The fourth-order valence-electron chi connectivity index (χ4n) is 4.91. The molecule has 7 unspecified atom stereocenters. The summed E-state index contributed by atoms with van der Waals surface area (Å²) in [6.45, 7) is 44.3. The quantitative estimate of drug-likeness (QED) is 0.0585. The Hall–Kier alpha value is -6.63. The zero-order valence-corrected chi connectivity index (χ0v) is 55.1. The predicted octanol–water partition coefficient (Wildman–Crippen LogP) is 12.0. The SMILES string of the molecule is C.CC(COC(=O)CC(C)(C)C)OC(=O)OC(C)COC(=O)OC(C)(C)C.CC(COC(=O)OC(C)COC(=O)OC(C)(C)C)OC(=O)CC(C)(C)C.CC(COC(=O)OCC(C)OC(=O)OC(C)(C)C)OC(=O)CC(C)(C)C.CC1CO1.O=C=O. The number of hydrogen-bond acceptors (Lipinski definition) is 27. The van der Waals surface area contributed by atoms with Gasteiger partial charge in [0, 0.05) is 0 Å². The van der Waals surface area contributed by atoms with Gasteiger partial charge in [0.05, 0.1) is 32.0 Å². The molecule has 27 nitrogen and oxygen atoms in total. The molecule has 7 atom stereocenters. The molecule has 0 bridgehead atoms. The van der Waals surface area contributed by atoms with Gasteiger partial charge in [0.2, 0.25) is 0 Å². The summed E-state index contributed by atoms with van der Waals surface area (Å²) in [5.41, 5.74) is -2.54. The summed E-state index contributed by atoms with van der Waals surface area (Å²) in [6, 6.07) is 0. The van der Waals surface area contributed by atoms with Crippen LogP contribution in [0, 0.1) is 16.2 Å². The van der Waals surface area contributed by atoms with E-state index >= 15 is 0 Å². The first-order valence-electron chi connectivity index (χ1n) is 27.6. The predicted molar refractivity (Wildman–Crippen MR) is 308 cm³/mol. The normalized spacial score (nSPS) is 14.6. The second-order valence-electron chi connectivity index (χ2n) is 26.1. The van der Waals surface area contributed by atoms with Gasteiger partial charge in [0.25, 0.3) is 0 Å². The van der Waals surface area contributed by atoms with Gasteiger partial charge in [-0.05, 0) is 127 Å². The molecule has 0 aromatic heterocycles. The van der Waals surface area contributed by atoms with Crippen LogP contribution < -0.4 is 0 Å². The summed E-state index contributed by atoms with van der Waals surface area (Å²) < 4.78 is 79.0. The van der Waals surface area contributed by atoms with E-state index in [1.807, 2.05) is 62.3 Å². The highest BCUT2D eigenvalue weighted by Gasteiger charge is 2.26. The first kappa shape index (κ1) is 88.1. The minimum atomic E-state index is -0.941. The molecule has 27 heteroatoms. The third-order valence-electron chi connectivity index (χ3n) is 8.21. The first-order valence-corrected chi connectivity index (χ1v) is 27.6. The lowest BCUT2D eigenvalue weighted by atomic mass is 9.92. The zero-order chi connectivity index (χ0) is 67.3. The number of hydrogen-bond donors (Lipinski definition) is 0. The van der Waals surface area contributed by atoms with E-state index in [1.165, 1.54) is 0 Å². The van der Waals surface area contributed by atoms with E-state index in [2.05, 4.69) is 6.92 Å². The van der Waals surface area contributed by atoms with Crippen LogP contribution in [0.1, 0.15) is 200 Å². The van der Waals surface area contributed by atoms with Gasteiger partial charge in [-0.25, -0.2) is 28.8 Å². The summed E-state index contributed by atoms with van der Waals surface area (Å²) in [7, 11) is 0. The van der Waals surface area contributed by atoms with Gasteiger partial charge >= 0.3 is 61.0 Å². The number of carbonyl (C=O) groups excluding carboxylic acids is 11. The Morgan fingerprint density at radius 1 is 0.360 bits per heavy atom. The van der Waals surface area contributed by atoms with Crippen LogP contribution in [0.3, 0.4) is 0 Å². The summed E-state index contributed by atoms with van der Waals surface area (Å²) in [5, 5.41) is 0. The molecular weight excluding hydrogens is 1140 g/mol. The third kappa shape index (κ3) is 69.9. The summed E-state index contributed by atoms with van der Waals surface area (Å²) in [6.07, 6.45) is -7.70. The van der Waals surface area contributed by atoms with Crippen LogP contribution in [0.2, 0.25) is 0 Å². The van der Waals surface area contributed by atoms with E-state index in [4.69, 9.17) is 85.4 Å². The maximum Gasteiger partial charge on any atom is 0.509 e. The molecule has 1 saturated heterocycles. The molecule has 0 N–H and O–H groups in total. The highest BCUT2D eigenvalue weighted by atomic mass is 16.8. The van der Waals surface area contributed by atoms with Crippen LogP contribution in [0.5, 0.6) is 0 Å². The van der Waals surface area contributed by atoms with Crippen LogP contribution >= 0.6 is 0 Å². The molecule has 0 aliphatic carbocycles. The second-order valence-corrected chi connectivity index (χ2v) is 26.1. The molecule has 0 aromatic rings. The average molecular weight is 1250 g/mol. The lowest BCUT2D eigenvalue weighted by molar-refractivity contribution is -0.192. The van der Waals surface area contributed by atoms with Gasteiger partial charge in [0.15, 0.2) is 0 Å². The molecular formula is C59H106O27. The Balaban J connectivity index is -0.000000357. The summed E-state index contributed by atoms with van der Waals surface area (Å²) in [4.78, 5) is 120. The molecule has 1 aliphatic heterocycles. The van der Waals surface area contributed by atoms with E-state index in [-0.39, 0.29) is 107 Å². The monoisotopic (exact) mass is 1250 g/mol. The maximum atomic E-state index is 11.7. The average Bonchev–Trinajstić information content (AvgIpc) is 4.07. The van der Waals surface area contributed by atoms with Crippen LogP contribution in [0.4, 0.5) is 28.8 Å². The molecule has 0 amide bonds. The van der Waals surface area contributed by atoms with Crippen molar-refractivity contribution in [1.29, 1.82) is 0 Å². The highest BCUT2D eigenvalue weighted by Crippen LogP contribution is 2.22. The molecule has 1 fully saturated rings. The van der Waals surface area contributed by atoms with Crippen LogP contribution in [0.15, 0.2) is 0 Å². The van der Waals surface area contributed by atoms with E-state index in [0.29, 0.717) is 6.10 Å². The number of rotatable bonds is 21. The standard InChI is InChI=1S/3C18H32O8.C3H6O.CO2.CH4/c1-12(24-14(19)9-17(3,4)5)10-22-15(20)25-13(2)11-23-16(21)26-18(6,7)8;1-12(24-14(19)9-17(3,4)5)10-22-15(20)23-11-13(2)25-16(21)26-18(6,7)8;1-12(10-22-14(19)9-17(3,4)5)24-16(21)25-13(2)11-23-15(20)26-18(6,7)8;1-3-2-4-3;2-1-3;/h3*12-13H,9-11H2,1-8H3;3H,2H2,1H3;;1H4. The van der Waals surface area contributed by atoms with Crippen LogP contribution in [-0.2, 0) is 99.8 Å². The van der Waals surface area contributed by atoms with E-state index in [0.717, 1.165) is 6.61 Å². The molecule has 86 heavy (non-hydrogen) atoms. The number of esters is 3. The van der Waals surface area contributed by atoms with Gasteiger partial charge in [-0.3, -0.25) is 14.4 Å². The summed E-state index contributed by atoms with van der Waals surface area (Å²) >= 11 is 0. The molecule has 504 valence electrons. The molecule has 1 aliphatic rings. The minimum absolute atomic E-state index is 0.